The Bertz CT molecular complexity index is 1080. The van der Waals surface area contributed by atoms with E-state index in [4.69, 9.17) is 4.74 Å². The molecule has 7 heteroatoms. The van der Waals surface area contributed by atoms with Crippen molar-refractivity contribution < 1.29 is 23.5 Å². The Morgan fingerprint density at radius 1 is 0.759 bits per heavy atom. The Labute approximate surface area is 166 Å². The van der Waals surface area contributed by atoms with E-state index in [1.54, 1.807) is 42.5 Å². The summed E-state index contributed by atoms with van der Waals surface area (Å²) in [7, 11) is 0. The highest BCUT2D eigenvalue weighted by Crippen LogP contribution is 2.19. The highest BCUT2D eigenvalue weighted by atomic mass is 19.1. The standard InChI is InChI=1S/C22H17FN2O4/c1-14(26)29-20-10-3-6-16(12-20)22(28)25-19-9-4-8-18(13-19)24-21(27)15-5-2-7-17(23)11-15/h2-13H,1H3,(H,24,27)(H,25,28). The topological polar surface area (TPSA) is 84.5 Å². The molecule has 0 saturated carbocycles. The molecule has 0 aliphatic rings. The fraction of sp³-hybridized carbons (Fsp3) is 0.0455. The number of carbonyl (C=O) groups is 3. The minimum atomic E-state index is -0.505. The molecule has 6 nitrogen and oxygen atoms in total. The lowest BCUT2D eigenvalue weighted by Crippen LogP contribution is -2.14. The Morgan fingerprint density at radius 2 is 1.31 bits per heavy atom. The molecule has 2 N–H and O–H groups in total. The van der Waals surface area contributed by atoms with Gasteiger partial charge in [-0.1, -0.05) is 18.2 Å². The summed E-state index contributed by atoms with van der Waals surface area (Å²) >= 11 is 0. The van der Waals surface area contributed by atoms with Gasteiger partial charge in [-0.3, -0.25) is 14.4 Å². The SMILES string of the molecule is CC(=O)Oc1cccc(C(=O)Nc2cccc(NC(=O)c3cccc(F)c3)c2)c1. The van der Waals surface area contributed by atoms with Crippen molar-refractivity contribution in [1.29, 1.82) is 0 Å². The van der Waals surface area contributed by atoms with Crippen LogP contribution in [0.3, 0.4) is 0 Å². The van der Waals surface area contributed by atoms with Crippen molar-refractivity contribution in [2.24, 2.45) is 0 Å². The molecule has 0 spiro atoms. The predicted octanol–water partition coefficient (Wildman–Crippen LogP) is 4.26. The zero-order chi connectivity index (χ0) is 20.8. The minimum Gasteiger partial charge on any atom is -0.427 e. The van der Waals surface area contributed by atoms with E-state index in [1.807, 2.05) is 0 Å². The third kappa shape index (κ3) is 5.49. The highest BCUT2D eigenvalue weighted by molar-refractivity contribution is 6.06. The van der Waals surface area contributed by atoms with Crippen LogP contribution in [0.4, 0.5) is 15.8 Å². The number of esters is 1. The van der Waals surface area contributed by atoms with Crippen molar-refractivity contribution >= 4 is 29.2 Å². The van der Waals surface area contributed by atoms with Crippen LogP contribution in [0.2, 0.25) is 0 Å². The van der Waals surface area contributed by atoms with Crippen LogP contribution in [0.25, 0.3) is 0 Å². The van der Waals surface area contributed by atoms with Crippen LogP contribution in [-0.4, -0.2) is 17.8 Å². The van der Waals surface area contributed by atoms with Crippen molar-refractivity contribution in [3.63, 3.8) is 0 Å². The van der Waals surface area contributed by atoms with Crippen molar-refractivity contribution in [3.8, 4) is 5.75 Å². The van der Waals surface area contributed by atoms with Gasteiger partial charge in [0, 0.05) is 29.4 Å². The van der Waals surface area contributed by atoms with Crippen LogP contribution in [0.5, 0.6) is 5.75 Å². The summed E-state index contributed by atoms with van der Waals surface area (Å²) in [6.07, 6.45) is 0. The molecule has 0 atom stereocenters. The summed E-state index contributed by atoms with van der Waals surface area (Å²) in [6, 6.07) is 18.1. The number of hydrogen-bond donors (Lipinski definition) is 2. The molecule has 0 fully saturated rings. The first kappa shape index (κ1) is 19.8. The molecule has 3 aromatic rings. The van der Waals surface area contributed by atoms with Gasteiger partial charge in [0.25, 0.3) is 11.8 Å². The van der Waals surface area contributed by atoms with E-state index in [0.29, 0.717) is 16.9 Å². The van der Waals surface area contributed by atoms with Crippen LogP contribution < -0.4 is 15.4 Å². The number of carbonyl (C=O) groups excluding carboxylic acids is 3. The van der Waals surface area contributed by atoms with Gasteiger partial charge in [0.2, 0.25) is 0 Å². The van der Waals surface area contributed by atoms with Gasteiger partial charge in [-0.2, -0.15) is 0 Å². The third-order valence-corrected chi connectivity index (χ3v) is 3.82. The molecule has 0 aliphatic carbocycles. The molecular formula is C22H17FN2O4. The van der Waals surface area contributed by atoms with E-state index in [-0.39, 0.29) is 11.3 Å². The second-order valence-corrected chi connectivity index (χ2v) is 6.12. The lowest BCUT2D eigenvalue weighted by molar-refractivity contribution is -0.131. The fourth-order valence-electron chi connectivity index (χ4n) is 2.58. The number of anilines is 2. The molecule has 3 aromatic carbocycles. The normalized spacial score (nSPS) is 10.1. The van der Waals surface area contributed by atoms with E-state index >= 15 is 0 Å². The van der Waals surface area contributed by atoms with Gasteiger partial charge < -0.3 is 15.4 Å². The first-order valence-electron chi connectivity index (χ1n) is 8.67. The summed E-state index contributed by atoms with van der Waals surface area (Å²) < 4.78 is 18.3. The van der Waals surface area contributed by atoms with Gasteiger partial charge in [0.15, 0.2) is 0 Å². The maximum atomic E-state index is 13.3. The van der Waals surface area contributed by atoms with E-state index in [0.717, 1.165) is 6.07 Å². The van der Waals surface area contributed by atoms with Gasteiger partial charge in [0.05, 0.1) is 0 Å². The predicted molar refractivity (Wildman–Crippen MR) is 106 cm³/mol. The fourth-order valence-corrected chi connectivity index (χ4v) is 2.58. The Morgan fingerprint density at radius 3 is 1.90 bits per heavy atom. The maximum Gasteiger partial charge on any atom is 0.308 e. The largest absolute Gasteiger partial charge is 0.427 e. The highest BCUT2D eigenvalue weighted by Gasteiger charge is 2.10. The van der Waals surface area contributed by atoms with Crippen LogP contribution in [0.15, 0.2) is 72.8 Å². The monoisotopic (exact) mass is 392 g/mol. The van der Waals surface area contributed by atoms with Crippen LogP contribution in [-0.2, 0) is 4.79 Å². The number of nitrogens with one attached hydrogen (secondary N) is 2. The molecule has 0 radical (unpaired) electrons. The zero-order valence-electron chi connectivity index (χ0n) is 15.4. The van der Waals surface area contributed by atoms with Gasteiger partial charge in [-0.15, -0.1) is 0 Å². The number of halogens is 1. The zero-order valence-corrected chi connectivity index (χ0v) is 15.4. The molecule has 0 bridgehead atoms. The summed E-state index contributed by atoms with van der Waals surface area (Å²) in [4.78, 5) is 35.8. The molecule has 0 unspecified atom stereocenters. The first-order chi connectivity index (χ1) is 13.9. The number of benzene rings is 3. The van der Waals surface area contributed by atoms with Crippen LogP contribution in [0, 0.1) is 5.82 Å². The molecular weight excluding hydrogens is 375 g/mol. The molecule has 0 heterocycles. The first-order valence-corrected chi connectivity index (χ1v) is 8.67. The number of rotatable bonds is 5. The molecule has 3 rings (SSSR count). The number of ether oxygens (including phenoxy) is 1. The number of hydrogen-bond acceptors (Lipinski definition) is 4. The smallest absolute Gasteiger partial charge is 0.308 e. The quantitative estimate of drug-likeness (QED) is 0.502. The van der Waals surface area contributed by atoms with E-state index in [9.17, 15) is 18.8 Å². The van der Waals surface area contributed by atoms with E-state index < -0.39 is 23.6 Å². The second-order valence-electron chi connectivity index (χ2n) is 6.12. The number of amides is 2. The lowest BCUT2D eigenvalue weighted by Gasteiger charge is -2.10. The van der Waals surface area contributed by atoms with Crippen molar-refractivity contribution in [2.75, 3.05) is 10.6 Å². The summed E-state index contributed by atoms with van der Waals surface area (Å²) in [5, 5.41) is 5.37. The van der Waals surface area contributed by atoms with Gasteiger partial charge in [0.1, 0.15) is 11.6 Å². The van der Waals surface area contributed by atoms with Crippen LogP contribution in [0.1, 0.15) is 27.6 Å². The Hall–Kier alpha value is -4.00. The molecule has 2 amide bonds. The van der Waals surface area contributed by atoms with Crippen molar-refractivity contribution in [1.82, 2.24) is 0 Å². The van der Waals surface area contributed by atoms with E-state index in [1.165, 1.54) is 31.2 Å². The average molecular weight is 392 g/mol. The molecule has 0 saturated heterocycles. The van der Waals surface area contributed by atoms with Crippen LogP contribution >= 0.6 is 0 Å². The summed E-state index contributed by atoms with van der Waals surface area (Å²) in [5.41, 5.74) is 1.37. The third-order valence-electron chi connectivity index (χ3n) is 3.82. The summed E-state index contributed by atoms with van der Waals surface area (Å²) in [5.74, 6) is -1.60. The Kier molecular flexibility index (Phi) is 5.99. The summed E-state index contributed by atoms with van der Waals surface area (Å²) in [6.45, 7) is 1.27. The minimum absolute atomic E-state index is 0.182. The molecule has 0 aromatic heterocycles. The lowest BCUT2D eigenvalue weighted by atomic mass is 10.2. The molecule has 146 valence electrons. The molecule has 29 heavy (non-hydrogen) atoms. The molecule has 0 aliphatic heterocycles. The Balaban J connectivity index is 1.70. The van der Waals surface area contributed by atoms with Gasteiger partial charge in [-0.25, -0.2) is 4.39 Å². The average Bonchev–Trinajstić information content (AvgIpc) is 2.68. The van der Waals surface area contributed by atoms with Gasteiger partial charge in [-0.05, 0) is 54.6 Å². The maximum absolute atomic E-state index is 13.3. The van der Waals surface area contributed by atoms with Crippen molar-refractivity contribution in [3.05, 3.63) is 89.7 Å². The van der Waals surface area contributed by atoms with Gasteiger partial charge >= 0.3 is 5.97 Å². The van der Waals surface area contributed by atoms with E-state index in [2.05, 4.69) is 10.6 Å². The second kappa shape index (κ2) is 8.79. The van der Waals surface area contributed by atoms with Crippen molar-refractivity contribution in [2.45, 2.75) is 6.92 Å².